The number of para-hydroxylation sites is 2. The van der Waals surface area contributed by atoms with Gasteiger partial charge in [0.2, 0.25) is 5.58 Å². The summed E-state index contributed by atoms with van der Waals surface area (Å²) in [5.41, 5.74) is 1.99. The van der Waals surface area contributed by atoms with Gasteiger partial charge in [-0.15, -0.1) is 0 Å². The first-order valence-corrected chi connectivity index (χ1v) is 3.83. The minimum atomic E-state index is 0.788. The monoisotopic (exact) mass is 160 g/mol. The van der Waals surface area contributed by atoms with E-state index < -0.39 is 0 Å². The van der Waals surface area contributed by atoms with E-state index in [1.807, 2.05) is 35.9 Å². The average Bonchev–Trinajstić information content (AvgIpc) is 2.44. The Labute approximate surface area is 70.7 Å². The molecule has 0 N–H and O–H groups in total. The Kier molecular flexibility index (Phi) is 1.47. The molecule has 1 aromatic heterocycles. The molecule has 0 atom stereocenters. The highest BCUT2D eigenvalue weighted by atomic mass is 16.3. The summed E-state index contributed by atoms with van der Waals surface area (Å²) in [6.45, 7) is 3.67. The number of aromatic nitrogens is 1. The summed E-state index contributed by atoms with van der Waals surface area (Å²) < 4.78 is 7.47. The lowest BCUT2D eigenvalue weighted by molar-refractivity contribution is -0.652. The topological polar surface area (TPSA) is 17.0 Å². The maximum absolute atomic E-state index is 5.49. The van der Waals surface area contributed by atoms with Gasteiger partial charge in [-0.1, -0.05) is 18.7 Å². The second-order valence-corrected chi connectivity index (χ2v) is 2.67. The quantitative estimate of drug-likeness (QED) is 0.582. The van der Waals surface area contributed by atoms with Crippen LogP contribution in [0.4, 0.5) is 0 Å². The Hall–Kier alpha value is -1.57. The second kappa shape index (κ2) is 2.48. The van der Waals surface area contributed by atoms with Crippen LogP contribution in [0, 0.1) is 0 Å². The zero-order valence-electron chi connectivity index (χ0n) is 6.95. The van der Waals surface area contributed by atoms with Gasteiger partial charge in [-0.2, -0.15) is 4.57 Å². The predicted molar refractivity (Wildman–Crippen MR) is 47.5 cm³/mol. The van der Waals surface area contributed by atoms with Gasteiger partial charge < -0.3 is 4.42 Å². The van der Waals surface area contributed by atoms with Crippen LogP contribution in [0.3, 0.4) is 0 Å². The Morgan fingerprint density at radius 2 is 2.17 bits per heavy atom. The van der Waals surface area contributed by atoms with Gasteiger partial charge in [0.05, 0.1) is 0 Å². The lowest BCUT2D eigenvalue weighted by Crippen LogP contribution is -2.28. The average molecular weight is 160 g/mol. The molecule has 0 unspecified atom stereocenters. The number of hydrogen-bond acceptors (Lipinski definition) is 1. The lowest BCUT2D eigenvalue weighted by Gasteiger charge is -1.80. The van der Waals surface area contributed by atoms with Crippen molar-refractivity contribution in [3.8, 4) is 0 Å². The van der Waals surface area contributed by atoms with Crippen LogP contribution in [-0.2, 0) is 7.05 Å². The third-order valence-electron chi connectivity index (χ3n) is 1.95. The van der Waals surface area contributed by atoms with E-state index in [1.165, 1.54) is 0 Å². The third kappa shape index (κ3) is 0.848. The maximum atomic E-state index is 5.49. The molecule has 0 aliphatic rings. The summed E-state index contributed by atoms with van der Waals surface area (Å²) in [6.07, 6.45) is 1.71. The second-order valence-electron chi connectivity index (χ2n) is 2.67. The van der Waals surface area contributed by atoms with Crippen molar-refractivity contribution < 1.29 is 8.98 Å². The van der Waals surface area contributed by atoms with Gasteiger partial charge >= 0.3 is 5.89 Å². The van der Waals surface area contributed by atoms with Crippen LogP contribution in [0.15, 0.2) is 35.3 Å². The van der Waals surface area contributed by atoms with Gasteiger partial charge in [0.15, 0.2) is 0 Å². The molecule has 2 aromatic rings. The number of aryl methyl sites for hydroxylation is 1. The van der Waals surface area contributed by atoms with Crippen LogP contribution in [0.5, 0.6) is 0 Å². The summed E-state index contributed by atoms with van der Waals surface area (Å²) in [5, 5.41) is 0. The van der Waals surface area contributed by atoms with Crippen LogP contribution < -0.4 is 4.57 Å². The standard InChI is InChI=1S/C10H10NO/c1-3-10-11(2)8-6-4-5-7-9(8)12-10/h3-7H,1H2,2H3/q+1. The fraction of sp³-hybridized carbons (Fsp3) is 0.100. The molecule has 0 aliphatic heterocycles. The van der Waals surface area contributed by atoms with E-state index in [0.29, 0.717) is 0 Å². The first-order valence-electron chi connectivity index (χ1n) is 3.83. The van der Waals surface area contributed by atoms with Crippen molar-refractivity contribution in [2.45, 2.75) is 0 Å². The fourth-order valence-electron chi connectivity index (χ4n) is 1.30. The van der Waals surface area contributed by atoms with E-state index in [9.17, 15) is 0 Å². The minimum Gasteiger partial charge on any atom is -0.398 e. The molecule has 2 nitrogen and oxygen atoms in total. The molecule has 0 saturated carbocycles. The van der Waals surface area contributed by atoms with Crippen LogP contribution in [-0.4, -0.2) is 0 Å². The van der Waals surface area contributed by atoms with Crippen LogP contribution in [0.25, 0.3) is 17.2 Å². The lowest BCUT2D eigenvalue weighted by atomic mass is 10.3. The Morgan fingerprint density at radius 1 is 1.42 bits per heavy atom. The number of oxazole rings is 1. The molecule has 0 aliphatic carbocycles. The molecule has 0 spiro atoms. The van der Waals surface area contributed by atoms with E-state index in [0.717, 1.165) is 17.0 Å². The van der Waals surface area contributed by atoms with Gasteiger partial charge in [-0.25, -0.2) is 0 Å². The van der Waals surface area contributed by atoms with Gasteiger partial charge in [-0.3, -0.25) is 0 Å². The van der Waals surface area contributed by atoms with Crippen molar-refractivity contribution in [2.75, 3.05) is 0 Å². The van der Waals surface area contributed by atoms with Gasteiger partial charge in [0.1, 0.15) is 7.05 Å². The van der Waals surface area contributed by atoms with Crippen LogP contribution >= 0.6 is 0 Å². The van der Waals surface area contributed by atoms with Gasteiger partial charge in [0.25, 0.3) is 5.52 Å². The minimum absolute atomic E-state index is 0.788. The normalized spacial score (nSPS) is 10.4. The highest BCUT2D eigenvalue weighted by Crippen LogP contribution is 2.12. The van der Waals surface area contributed by atoms with Crippen molar-refractivity contribution in [2.24, 2.45) is 7.05 Å². The molecular weight excluding hydrogens is 150 g/mol. The number of rotatable bonds is 1. The molecular formula is C10H10NO+. The first-order chi connectivity index (χ1) is 5.83. The smallest absolute Gasteiger partial charge is 0.373 e. The molecule has 2 heteroatoms. The molecule has 1 heterocycles. The van der Waals surface area contributed by atoms with E-state index in [1.54, 1.807) is 6.08 Å². The summed E-state index contributed by atoms with van der Waals surface area (Å²) in [6, 6.07) is 7.91. The molecule has 60 valence electrons. The fourth-order valence-corrected chi connectivity index (χ4v) is 1.30. The molecule has 1 aromatic carbocycles. The van der Waals surface area contributed by atoms with E-state index in [4.69, 9.17) is 4.42 Å². The highest BCUT2D eigenvalue weighted by molar-refractivity contribution is 5.69. The molecule has 0 bridgehead atoms. The van der Waals surface area contributed by atoms with Crippen molar-refractivity contribution in [3.63, 3.8) is 0 Å². The van der Waals surface area contributed by atoms with Crippen LogP contribution in [0.1, 0.15) is 5.89 Å². The third-order valence-corrected chi connectivity index (χ3v) is 1.95. The highest BCUT2D eigenvalue weighted by Gasteiger charge is 2.14. The van der Waals surface area contributed by atoms with Crippen molar-refractivity contribution in [3.05, 3.63) is 36.7 Å². The number of fused-ring (bicyclic) bond motifs is 1. The number of hydrogen-bond donors (Lipinski definition) is 0. The van der Waals surface area contributed by atoms with Crippen molar-refractivity contribution in [1.82, 2.24) is 0 Å². The number of benzene rings is 1. The Morgan fingerprint density at radius 3 is 2.83 bits per heavy atom. The molecule has 0 fully saturated rings. The van der Waals surface area contributed by atoms with Crippen molar-refractivity contribution >= 4 is 17.2 Å². The summed E-state index contributed by atoms with van der Waals surface area (Å²) in [7, 11) is 1.96. The van der Waals surface area contributed by atoms with Gasteiger partial charge in [-0.05, 0) is 6.07 Å². The summed E-state index contributed by atoms with van der Waals surface area (Å²) in [5.74, 6) is 0.788. The summed E-state index contributed by atoms with van der Waals surface area (Å²) >= 11 is 0. The van der Waals surface area contributed by atoms with E-state index >= 15 is 0 Å². The predicted octanol–water partition coefficient (Wildman–Crippen LogP) is 1.90. The summed E-state index contributed by atoms with van der Waals surface area (Å²) in [4.78, 5) is 0. The van der Waals surface area contributed by atoms with Gasteiger partial charge in [0, 0.05) is 12.1 Å². The van der Waals surface area contributed by atoms with Crippen LogP contribution in [0.2, 0.25) is 0 Å². The first kappa shape index (κ1) is 7.10. The van der Waals surface area contributed by atoms with E-state index in [2.05, 4.69) is 6.58 Å². The zero-order chi connectivity index (χ0) is 8.55. The van der Waals surface area contributed by atoms with Crippen molar-refractivity contribution in [1.29, 1.82) is 0 Å². The molecule has 0 saturated heterocycles. The maximum Gasteiger partial charge on any atom is 0.373 e. The Bertz CT molecular complexity index is 428. The zero-order valence-corrected chi connectivity index (χ0v) is 6.95. The molecule has 2 rings (SSSR count). The molecule has 12 heavy (non-hydrogen) atoms. The molecule has 0 amide bonds. The Balaban J connectivity index is 2.87. The number of nitrogens with zero attached hydrogens (tertiary/aromatic N) is 1. The largest absolute Gasteiger partial charge is 0.398 e. The molecule has 0 radical (unpaired) electrons. The SMILES string of the molecule is C=Cc1oc2ccccc2[n+]1C. The van der Waals surface area contributed by atoms with E-state index in [-0.39, 0.29) is 0 Å².